The van der Waals surface area contributed by atoms with E-state index in [9.17, 15) is 18.0 Å². The first-order valence-corrected chi connectivity index (χ1v) is 9.39. The molecule has 0 bridgehead atoms. The molecule has 1 heterocycles. The van der Waals surface area contributed by atoms with E-state index in [1.165, 1.54) is 12.1 Å². The molecule has 1 N–H and O–H groups in total. The number of anilines is 1. The first-order valence-electron chi connectivity index (χ1n) is 9.39. The molecule has 2 aromatic rings. The normalized spacial score (nSPS) is 15.2. The third-order valence-corrected chi connectivity index (χ3v) is 4.93. The third kappa shape index (κ3) is 5.87. The number of piperazine rings is 1. The molecule has 0 spiro atoms. The summed E-state index contributed by atoms with van der Waals surface area (Å²) in [5, 5.41) is 2.89. The molecular formula is C21H24F3N3O2. The van der Waals surface area contributed by atoms with Crippen LogP contribution in [0.5, 0.6) is 5.75 Å². The van der Waals surface area contributed by atoms with E-state index in [2.05, 4.69) is 5.32 Å². The second kappa shape index (κ2) is 9.17. The number of ether oxygens (including phenoxy) is 1. The van der Waals surface area contributed by atoms with Crippen molar-refractivity contribution < 1.29 is 22.7 Å². The van der Waals surface area contributed by atoms with Gasteiger partial charge in [0.2, 0.25) is 5.91 Å². The van der Waals surface area contributed by atoms with Gasteiger partial charge >= 0.3 is 6.18 Å². The number of nitrogens with zero attached hydrogens (tertiary/aromatic N) is 2. The number of alkyl halides is 3. The fourth-order valence-corrected chi connectivity index (χ4v) is 3.25. The van der Waals surface area contributed by atoms with Crippen LogP contribution in [0.2, 0.25) is 0 Å². The largest absolute Gasteiger partial charge is 0.497 e. The summed E-state index contributed by atoms with van der Waals surface area (Å²) < 4.78 is 43.8. The summed E-state index contributed by atoms with van der Waals surface area (Å²) in [5.74, 6) is 0.687. The van der Waals surface area contributed by atoms with Gasteiger partial charge in [0.1, 0.15) is 5.75 Å². The van der Waals surface area contributed by atoms with Crippen molar-refractivity contribution in [3.8, 4) is 5.75 Å². The Morgan fingerprint density at radius 2 is 1.76 bits per heavy atom. The highest BCUT2D eigenvalue weighted by molar-refractivity contribution is 5.78. The van der Waals surface area contributed by atoms with Crippen LogP contribution in [-0.4, -0.2) is 50.6 Å². The highest BCUT2D eigenvalue weighted by Gasteiger charge is 2.31. The maximum absolute atomic E-state index is 12.9. The first kappa shape index (κ1) is 21.0. The minimum atomic E-state index is -4.35. The predicted molar refractivity (Wildman–Crippen MR) is 105 cm³/mol. The van der Waals surface area contributed by atoms with Gasteiger partial charge in [-0.25, -0.2) is 0 Å². The van der Waals surface area contributed by atoms with Gasteiger partial charge in [0.15, 0.2) is 0 Å². The van der Waals surface area contributed by atoms with Crippen molar-refractivity contribution in [1.29, 1.82) is 0 Å². The Morgan fingerprint density at radius 3 is 2.38 bits per heavy atom. The molecule has 8 heteroatoms. The van der Waals surface area contributed by atoms with Gasteiger partial charge in [-0.1, -0.05) is 18.2 Å². The van der Waals surface area contributed by atoms with E-state index >= 15 is 0 Å². The molecular weight excluding hydrogens is 383 g/mol. The minimum Gasteiger partial charge on any atom is -0.497 e. The van der Waals surface area contributed by atoms with E-state index in [1.54, 1.807) is 13.2 Å². The number of amides is 1. The number of halogens is 3. The molecule has 5 nitrogen and oxygen atoms in total. The Kier molecular flexibility index (Phi) is 6.64. The summed E-state index contributed by atoms with van der Waals surface area (Å²) in [6, 6.07) is 12.8. The van der Waals surface area contributed by atoms with Crippen LogP contribution in [0.25, 0.3) is 0 Å². The number of carbonyl (C=O) groups is 1. The van der Waals surface area contributed by atoms with Crippen LogP contribution >= 0.6 is 0 Å². The molecule has 0 unspecified atom stereocenters. The van der Waals surface area contributed by atoms with Crippen LogP contribution in [0.4, 0.5) is 18.9 Å². The van der Waals surface area contributed by atoms with E-state index in [1.807, 2.05) is 34.1 Å². The Morgan fingerprint density at radius 1 is 1.07 bits per heavy atom. The molecule has 1 aliphatic heterocycles. The molecule has 0 atom stereocenters. The molecule has 1 saturated heterocycles. The molecule has 0 radical (unpaired) electrons. The molecule has 29 heavy (non-hydrogen) atoms. The Labute approximate surface area is 168 Å². The van der Waals surface area contributed by atoms with E-state index in [0.717, 1.165) is 17.4 Å². The van der Waals surface area contributed by atoms with Crippen molar-refractivity contribution in [3.05, 3.63) is 59.7 Å². The standard InChI is InChI=1S/C21H24F3N3O2/c1-29-19-7-5-16(6-8-19)14-25-20(28)15-26-9-11-27(12-10-26)18-4-2-3-17(13-18)21(22,23)24/h2-8,13H,9-12,14-15H2,1H3,(H,25,28). The number of hydrogen-bond acceptors (Lipinski definition) is 4. The fraction of sp³-hybridized carbons (Fsp3) is 0.381. The Balaban J connectivity index is 1.45. The second-order valence-corrected chi connectivity index (χ2v) is 6.94. The van der Waals surface area contributed by atoms with E-state index in [0.29, 0.717) is 38.4 Å². The Bertz CT molecular complexity index is 817. The van der Waals surface area contributed by atoms with Gasteiger partial charge < -0.3 is 15.0 Å². The number of rotatable bonds is 6. The number of hydrogen-bond donors (Lipinski definition) is 1. The van der Waals surface area contributed by atoms with Gasteiger partial charge in [-0.2, -0.15) is 13.2 Å². The van der Waals surface area contributed by atoms with Gasteiger partial charge in [-0.05, 0) is 35.9 Å². The number of benzene rings is 2. The Hall–Kier alpha value is -2.74. The average Bonchev–Trinajstić information content (AvgIpc) is 2.73. The zero-order valence-electron chi connectivity index (χ0n) is 16.2. The van der Waals surface area contributed by atoms with Crippen molar-refractivity contribution in [3.63, 3.8) is 0 Å². The maximum Gasteiger partial charge on any atom is 0.416 e. The zero-order chi connectivity index (χ0) is 20.9. The summed E-state index contributed by atoms with van der Waals surface area (Å²) in [5.41, 5.74) is 0.896. The highest BCUT2D eigenvalue weighted by Crippen LogP contribution is 2.31. The third-order valence-electron chi connectivity index (χ3n) is 4.93. The molecule has 1 aliphatic rings. The zero-order valence-corrected chi connectivity index (χ0v) is 16.2. The van der Waals surface area contributed by atoms with Crippen molar-refractivity contribution in [1.82, 2.24) is 10.2 Å². The summed E-state index contributed by atoms with van der Waals surface area (Å²) in [6.07, 6.45) is -4.35. The first-order chi connectivity index (χ1) is 13.8. The lowest BCUT2D eigenvalue weighted by atomic mass is 10.1. The maximum atomic E-state index is 12.9. The van der Waals surface area contributed by atoms with Gasteiger partial charge in [-0.3, -0.25) is 9.69 Å². The topological polar surface area (TPSA) is 44.8 Å². The highest BCUT2D eigenvalue weighted by atomic mass is 19.4. The van der Waals surface area contributed by atoms with Gasteiger partial charge in [0, 0.05) is 38.4 Å². The van der Waals surface area contributed by atoms with E-state index < -0.39 is 11.7 Å². The molecule has 2 aromatic carbocycles. The lowest BCUT2D eigenvalue weighted by molar-refractivity contribution is -0.137. The fourth-order valence-electron chi connectivity index (χ4n) is 3.25. The van der Waals surface area contributed by atoms with Crippen molar-refractivity contribution >= 4 is 11.6 Å². The van der Waals surface area contributed by atoms with Crippen LogP contribution in [0.3, 0.4) is 0 Å². The molecule has 1 fully saturated rings. The van der Waals surface area contributed by atoms with E-state index in [-0.39, 0.29) is 12.5 Å². The lowest BCUT2D eigenvalue weighted by Crippen LogP contribution is -2.49. The second-order valence-electron chi connectivity index (χ2n) is 6.94. The van der Waals surface area contributed by atoms with Gasteiger partial charge in [0.05, 0.1) is 19.2 Å². The smallest absolute Gasteiger partial charge is 0.416 e. The average molecular weight is 407 g/mol. The molecule has 0 saturated carbocycles. The van der Waals surface area contributed by atoms with Crippen molar-refractivity contribution in [2.24, 2.45) is 0 Å². The predicted octanol–water partition coefficient (Wildman–Crippen LogP) is 3.15. The number of methoxy groups -OCH3 is 1. The number of nitrogens with one attached hydrogen (secondary N) is 1. The van der Waals surface area contributed by atoms with Crippen LogP contribution in [0.15, 0.2) is 48.5 Å². The quantitative estimate of drug-likeness (QED) is 0.799. The lowest BCUT2D eigenvalue weighted by Gasteiger charge is -2.36. The summed E-state index contributed by atoms with van der Waals surface area (Å²) >= 11 is 0. The van der Waals surface area contributed by atoms with Crippen LogP contribution in [0, 0.1) is 0 Å². The van der Waals surface area contributed by atoms with Crippen molar-refractivity contribution in [2.75, 3.05) is 44.7 Å². The monoisotopic (exact) mass is 407 g/mol. The van der Waals surface area contributed by atoms with Gasteiger partial charge in [-0.15, -0.1) is 0 Å². The van der Waals surface area contributed by atoms with E-state index in [4.69, 9.17) is 4.74 Å². The summed E-state index contributed by atoms with van der Waals surface area (Å²) in [6.45, 7) is 3.10. The van der Waals surface area contributed by atoms with Crippen LogP contribution < -0.4 is 15.0 Å². The molecule has 0 aromatic heterocycles. The van der Waals surface area contributed by atoms with Crippen LogP contribution in [0.1, 0.15) is 11.1 Å². The van der Waals surface area contributed by atoms with Crippen LogP contribution in [-0.2, 0) is 17.5 Å². The molecule has 156 valence electrons. The molecule has 3 rings (SSSR count). The summed E-state index contributed by atoms with van der Waals surface area (Å²) in [4.78, 5) is 16.1. The summed E-state index contributed by atoms with van der Waals surface area (Å²) in [7, 11) is 1.60. The van der Waals surface area contributed by atoms with Gasteiger partial charge in [0.25, 0.3) is 0 Å². The minimum absolute atomic E-state index is 0.0756. The number of carbonyl (C=O) groups excluding carboxylic acids is 1. The van der Waals surface area contributed by atoms with Crippen molar-refractivity contribution in [2.45, 2.75) is 12.7 Å². The molecule has 1 amide bonds. The SMILES string of the molecule is COc1ccc(CNC(=O)CN2CCN(c3cccc(C(F)(F)F)c3)CC2)cc1. The molecule has 0 aliphatic carbocycles.